The molecule has 0 aliphatic carbocycles. The van der Waals surface area contributed by atoms with Gasteiger partial charge in [-0.1, -0.05) is 46.3 Å². The minimum absolute atomic E-state index is 0.690. The zero-order valence-electron chi connectivity index (χ0n) is 15.8. The average molecular weight is 470 g/mol. The van der Waals surface area contributed by atoms with E-state index in [0.717, 1.165) is 38.1 Å². The molecule has 6 heteroatoms. The summed E-state index contributed by atoms with van der Waals surface area (Å²) in [7, 11) is 1.61. The number of benzene rings is 3. The van der Waals surface area contributed by atoms with Crippen LogP contribution >= 0.6 is 27.7 Å². The minimum Gasteiger partial charge on any atom is -0.495 e. The number of ether oxygens (including phenoxy) is 1. The van der Waals surface area contributed by atoms with Crippen LogP contribution in [0.4, 0.5) is 11.4 Å². The molecular weight excluding hydrogens is 450 g/mol. The van der Waals surface area contributed by atoms with Crippen molar-refractivity contribution in [2.75, 3.05) is 12.4 Å². The van der Waals surface area contributed by atoms with E-state index in [1.165, 1.54) is 5.56 Å². The Bertz CT molecular complexity index is 1020. The molecule has 0 atom stereocenters. The van der Waals surface area contributed by atoms with Gasteiger partial charge in [0.2, 0.25) is 0 Å². The maximum Gasteiger partial charge on any atom is 0.328 e. The molecule has 0 saturated carbocycles. The summed E-state index contributed by atoms with van der Waals surface area (Å²) < 4.78 is 6.35. The predicted octanol–water partition coefficient (Wildman–Crippen LogP) is 6.59. The van der Waals surface area contributed by atoms with Gasteiger partial charge in [0.05, 0.1) is 12.8 Å². The van der Waals surface area contributed by atoms with Crippen molar-refractivity contribution in [3.05, 3.63) is 88.4 Å². The summed E-state index contributed by atoms with van der Waals surface area (Å²) in [5.74, 6) is 0.547. The lowest BCUT2D eigenvalue weighted by Gasteiger charge is -2.15. The molecule has 0 aliphatic rings. The lowest BCUT2D eigenvalue weighted by atomic mass is 10.1. The van der Waals surface area contributed by atoms with Gasteiger partial charge >= 0.3 is 5.97 Å². The lowest BCUT2D eigenvalue weighted by molar-refractivity contribution is -0.131. The van der Waals surface area contributed by atoms with E-state index < -0.39 is 5.97 Å². The number of carbonyl (C=O) groups is 1. The monoisotopic (exact) mass is 469 g/mol. The second-order valence-electron chi connectivity index (χ2n) is 6.16. The van der Waals surface area contributed by atoms with E-state index in [1.54, 1.807) is 24.9 Å². The molecular formula is C23H20BrNO3S. The molecule has 0 fully saturated rings. The third-order valence-electron chi connectivity index (χ3n) is 4.11. The van der Waals surface area contributed by atoms with Crippen LogP contribution < -0.4 is 10.1 Å². The molecule has 3 aromatic rings. The van der Waals surface area contributed by atoms with Crippen LogP contribution in [0.5, 0.6) is 5.75 Å². The first-order chi connectivity index (χ1) is 14.0. The Labute approximate surface area is 182 Å². The molecule has 2 N–H and O–H groups in total. The fourth-order valence-electron chi connectivity index (χ4n) is 2.70. The van der Waals surface area contributed by atoms with Crippen molar-refractivity contribution in [1.29, 1.82) is 0 Å². The number of nitrogens with one attached hydrogen (secondary N) is 1. The van der Waals surface area contributed by atoms with Crippen LogP contribution in [0.25, 0.3) is 6.08 Å². The topological polar surface area (TPSA) is 58.6 Å². The van der Waals surface area contributed by atoms with Crippen LogP contribution in [-0.2, 0) is 10.5 Å². The Hall–Kier alpha value is -2.70. The zero-order valence-corrected chi connectivity index (χ0v) is 18.2. The quantitative estimate of drug-likeness (QED) is 0.287. The standard InChI is InChI=1S/C23H20BrNO3S/c1-28-22-14-18(24)8-10-21(22)25-20-11-9-19(13-17(20)7-12-23(26)27)29-15-16-5-3-2-4-6-16/h2-14,25H,15H2,1H3,(H,26,27)/b12-7+. The van der Waals surface area contributed by atoms with Gasteiger partial charge in [0.15, 0.2) is 0 Å². The van der Waals surface area contributed by atoms with E-state index in [0.29, 0.717) is 5.75 Å². The van der Waals surface area contributed by atoms with E-state index >= 15 is 0 Å². The van der Waals surface area contributed by atoms with Gasteiger partial charge in [-0.2, -0.15) is 0 Å². The van der Waals surface area contributed by atoms with Crippen LogP contribution in [0.3, 0.4) is 0 Å². The van der Waals surface area contributed by atoms with Crippen LogP contribution in [0, 0.1) is 0 Å². The molecule has 0 spiro atoms. The summed E-state index contributed by atoms with van der Waals surface area (Å²) in [4.78, 5) is 12.1. The van der Waals surface area contributed by atoms with Gasteiger partial charge in [-0.15, -0.1) is 11.8 Å². The Morgan fingerprint density at radius 2 is 1.86 bits per heavy atom. The number of thioether (sulfide) groups is 1. The smallest absolute Gasteiger partial charge is 0.328 e. The molecule has 4 nitrogen and oxygen atoms in total. The summed E-state index contributed by atoms with van der Waals surface area (Å²) in [5, 5.41) is 12.4. The SMILES string of the molecule is COc1cc(Br)ccc1Nc1ccc(SCc2ccccc2)cc1/C=C/C(=O)O. The van der Waals surface area contributed by atoms with E-state index in [4.69, 9.17) is 9.84 Å². The lowest BCUT2D eigenvalue weighted by Crippen LogP contribution is -1.97. The summed E-state index contributed by atoms with van der Waals surface area (Å²) in [5.41, 5.74) is 3.62. The third kappa shape index (κ3) is 6.14. The van der Waals surface area contributed by atoms with E-state index in [1.807, 2.05) is 54.6 Å². The number of carboxylic acid groups (broad SMARTS) is 1. The van der Waals surface area contributed by atoms with Crippen molar-refractivity contribution in [3.63, 3.8) is 0 Å². The summed E-state index contributed by atoms with van der Waals surface area (Å²) in [6.45, 7) is 0. The van der Waals surface area contributed by atoms with Gasteiger partial charge in [0.1, 0.15) is 5.75 Å². The normalized spacial score (nSPS) is 10.8. The average Bonchev–Trinajstić information content (AvgIpc) is 2.73. The van der Waals surface area contributed by atoms with Crippen molar-refractivity contribution >= 4 is 51.1 Å². The van der Waals surface area contributed by atoms with Gasteiger partial charge in [-0.25, -0.2) is 4.79 Å². The Kier molecular flexibility index (Phi) is 7.38. The largest absolute Gasteiger partial charge is 0.495 e. The molecule has 0 amide bonds. The molecule has 0 saturated heterocycles. The van der Waals surface area contributed by atoms with Crippen molar-refractivity contribution in [1.82, 2.24) is 0 Å². The first-order valence-electron chi connectivity index (χ1n) is 8.87. The number of hydrogen-bond acceptors (Lipinski definition) is 4. The molecule has 3 rings (SSSR count). The number of carboxylic acids is 1. The number of hydrogen-bond donors (Lipinski definition) is 2. The molecule has 0 bridgehead atoms. The van der Waals surface area contributed by atoms with Crippen molar-refractivity contribution < 1.29 is 14.6 Å². The highest BCUT2D eigenvalue weighted by molar-refractivity contribution is 9.10. The third-order valence-corrected chi connectivity index (χ3v) is 5.67. The van der Waals surface area contributed by atoms with Crippen LogP contribution in [0.1, 0.15) is 11.1 Å². The maximum absolute atomic E-state index is 11.0. The van der Waals surface area contributed by atoms with Gasteiger partial charge in [-0.05, 0) is 53.6 Å². The van der Waals surface area contributed by atoms with Gasteiger partial charge in [0, 0.05) is 26.9 Å². The molecule has 0 heterocycles. The minimum atomic E-state index is -0.987. The molecule has 0 unspecified atom stereocenters. The van der Waals surface area contributed by atoms with Gasteiger partial charge in [0.25, 0.3) is 0 Å². The summed E-state index contributed by atoms with van der Waals surface area (Å²) >= 11 is 5.14. The Balaban J connectivity index is 1.87. The highest BCUT2D eigenvalue weighted by Crippen LogP contribution is 2.34. The van der Waals surface area contributed by atoms with E-state index in [9.17, 15) is 4.79 Å². The summed E-state index contributed by atoms with van der Waals surface area (Å²) in [6.07, 6.45) is 2.74. The molecule has 148 valence electrons. The van der Waals surface area contributed by atoms with E-state index in [2.05, 4.69) is 33.4 Å². The van der Waals surface area contributed by atoms with Gasteiger partial charge in [-0.3, -0.25) is 0 Å². The first-order valence-corrected chi connectivity index (χ1v) is 10.7. The fraction of sp³-hybridized carbons (Fsp3) is 0.0870. The number of aliphatic carboxylic acids is 1. The predicted molar refractivity (Wildman–Crippen MR) is 123 cm³/mol. The van der Waals surface area contributed by atoms with Crippen molar-refractivity contribution in [3.8, 4) is 5.75 Å². The molecule has 0 radical (unpaired) electrons. The number of rotatable bonds is 8. The Morgan fingerprint density at radius 3 is 2.59 bits per heavy atom. The van der Waals surface area contributed by atoms with Crippen LogP contribution in [0.15, 0.2) is 82.2 Å². The second-order valence-corrected chi connectivity index (χ2v) is 8.13. The van der Waals surface area contributed by atoms with Crippen molar-refractivity contribution in [2.45, 2.75) is 10.6 Å². The van der Waals surface area contributed by atoms with Crippen LogP contribution in [0.2, 0.25) is 0 Å². The molecule has 29 heavy (non-hydrogen) atoms. The molecule has 3 aromatic carbocycles. The number of methoxy groups -OCH3 is 1. The van der Waals surface area contributed by atoms with Crippen molar-refractivity contribution in [2.24, 2.45) is 0 Å². The van der Waals surface area contributed by atoms with Crippen LogP contribution in [-0.4, -0.2) is 18.2 Å². The fourth-order valence-corrected chi connectivity index (χ4v) is 3.94. The number of halogens is 1. The first kappa shape index (κ1) is 21.0. The molecule has 0 aliphatic heterocycles. The van der Waals surface area contributed by atoms with Gasteiger partial charge < -0.3 is 15.2 Å². The van der Waals surface area contributed by atoms with E-state index in [-0.39, 0.29) is 0 Å². The zero-order chi connectivity index (χ0) is 20.6. The molecule has 0 aromatic heterocycles. The summed E-state index contributed by atoms with van der Waals surface area (Å²) in [6, 6.07) is 21.9. The highest BCUT2D eigenvalue weighted by atomic mass is 79.9. The number of anilines is 2. The Morgan fingerprint density at radius 1 is 1.10 bits per heavy atom. The second kappa shape index (κ2) is 10.2. The maximum atomic E-state index is 11.0. The highest BCUT2D eigenvalue weighted by Gasteiger charge is 2.08.